The van der Waals surface area contributed by atoms with Crippen molar-refractivity contribution < 1.29 is 124 Å². The summed E-state index contributed by atoms with van der Waals surface area (Å²) in [6.07, 6.45) is -18.2. The van der Waals surface area contributed by atoms with Crippen molar-refractivity contribution in [2.45, 2.75) is 164 Å². The molecule has 5 aliphatic rings. The van der Waals surface area contributed by atoms with E-state index in [9.17, 15) is 74.4 Å². The predicted octanol–water partition coefficient (Wildman–Crippen LogP) is -4.31. The van der Waals surface area contributed by atoms with Gasteiger partial charge in [-0.2, -0.15) is 15.0 Å². The van der Waals surface area contributed by atoms with Crippen molar-refractivity contribution in [2.24, 2.45) is 4.99 Å². The molecule has 4 saturated heterocycles. The number of carbonyl (C=O) groups is 4. The van der Waals surface area contributed by atoms with Crippen LogP contribution in [-0.2, 0) is 57.1 Å². The Morgan fingerprint density at radius 1 is 0.533 bits per heavy atom. The zero-order chi connectivity index (χ0) is 70.2. The third-order valence-corrected chi connectivity index (χ3v) is 12.8. The third-order valence-electron chi connectivity index (χ3n) is 12.8. The van der Waals surface area contributed by atoms with Crippen molar-refractivity contribution in [1.29, 1.82) is 0 Å². The van der Waals surface area contributed by atoms with Gasteiger partial charge in [-0.3, -0.25) is 75.6 Å². The lowest BCUT2D eigenvalue weighted by atomic mass is 10.1. The Morgan fingerprint density at radius 3 is 1.21 bits per heavy atom. The number of ether oxygens (including phenoxy) is 8. The van der Waals surface area contributed by atoms with Gasteiger partial charge in [0.25, 0.3) is 0 Å². The summed E-state index contributed by atoms with van der Waals surface area (Å²) in [7, 11) is 0. The molecule has 5 aliphatic heterocycles. The topological polar surface area (TPSA) is 553 Å². The number of aromatic nitrogens is 6. The lowest BCUT2D eigenvalue weighted by Gasteiger charge is -2.30. The summed E-state index contributed by atoms with van der Waals surface area (Å²) < 4.78 is 75.4. The van der Waals surface area contributed by atoms with E-state index in [4.69, 9.17) is 59.5 Å². The zero-order valence-corrected chi connectivity index (χ0v) is 48.4. The summed E-state index contributed by atoms with van der Waals surface area (Å²) in [5.41, 5.74) is 3.88. The molecule has 0 aromatic carbocycles. The number of hydroxylamine groups is 1. The fourth-order valence-corrected chi connectivity index (χ4v) is 8.02. The smallest absolute Gasteiger partial charge is 0.351 e. The average Bonchev–Trinajstić information content (AvgIpc) is 1.62. The molecule has 0 spiro atoms. The SMILES string of the molecule is [2H][C@@]1(N2C=CC(NO)=NC2=C)O[C@H](COC(=O)CCCC)[C@@H](O)[C@H]1O.[2H][C@@]1(n2ccc(NO)nc2=O)O[C@H](COC(=O)CC)[C@@H](O)[C@H]1O.[2H][C@@]1(n2ccc(NO)nc2=O)O[C@H](COC(=O)CCC)[C@@H](O)[C@H]1O.[2H][C@@]1(n2ccc(NO)nc2=O)O[C@H](COC(C)=O)[C@@H](O)[C@H]1O. The van der Waals surface area contributed by atoms with Crippen molar-refractivity contribution in [1.82, 2.24) is 39.0 Å². The molecular formula is C51H74N12O27. The van der Waals surface area contributed by atoms with Gasteiger partial charge >= 0.3 is 40.9 Å². The molecule has 16 atom stereocenters. The fraction of sp³-hybridized carbons (Fsp3) is 0.588. The highest BCUT2D eigenvalue weighted by molar-refractivity contribution is 5.93. The number of unbranched alkanes of at least 4 members (excludes halogenated alkanes) is 1. The molecule has 3 aromatic heterocycles. The highest BCUT2D eigenvalue weighted by Crippen LogP contribution is 2.32. The van der Waals surface area contributed by atoms with Crippen molar-refractivity contribution in [3.05, 3.63) is 92.9 Å². The molecule has 90 heavy (non-hydrogen) atoms. The van der Waals surface area contributed by atoms with Gasteiger partial charge in [-0.05, 0) is 37.1 Å². The van der Waals surface area contributed by atoms with Gasteiger partial charge in [-0.1, -0.05) is 33.8 Å². The number of amidine groups is 1. The number of hydrogen-bond acceptors (Lipinski definition) is 36. The molecule has 0 saturated carbocycles. The van der Waals surface area contributed by atoms with E-state index in [1.807, 2.05) is 12.4 Å². The van der Waals surface area contributed by atoms with Crippen LogP contribution in [-0.4, -0.2) is 231 Å². The Bertz CT molecular complexity index is 3360. The van der Waals surface area contributed by atoms with Crippen LogP contribution in [0.4, 0.5) is 17.5 Å². The molecule has 500 valence electrons. The second-order valence-corrected chi connectivity index (χ2v) is 19.2. The first-order valence-corrected chi connectivity index (χ1v) is 27.2. The number of carbonyl (C=O) groups excluding carboxylic acids is 4. The number of rotatable bonds is 21. The summed E-state index contributed by atoms with van der Waals surface area (Å²) >= 11 is 0. The van der Waals surface area contributed by atoms with Crippen LogP contribution in [0.2, 0.25) is 0 Å². The van der Waals surface area contributed by atoms with E-state index in [2.05, 4.69) is 31.3 Å². The minimum atomic E-state index is -2.35. The van der Waals surface area contributed by atoms with E-state index in [-0.39, 0.29) is 74.8 Å². The summed E-state index contributed by atoms with van der Waals surface area (Å²) in [4.78, 5) is 95.8. The predicted molar refractivity (Wildman–Crippen MR) is 297 cm³/mol. The summed E-state index contributed by atoms with van der Waals surface area (Å²) in [5, 5.41) is 115. The first kappa shape index (κ1) is 66.4. The van der Waals surface area contributed by atoms with Crippen LogP contribution in [0.3, 0.4) is 0 Å². The standard InChI is InChI=1S/C15H23N3O6.C13H19N3O7.C12H17N3O7.C11H15N3O7/c1-3-4-5-12(19)23-8-10-13(20)14(21)15(24-10)18-7-6-11(17-22)16-9(18)2;1-2-3-9(17)22-6-7-10(18)11(19)12(23-7)16-5-4-8(15-21)14-13(16)20;1-2-8(16)21-5-6-9(17)10(18)11(22-6)15-4-3-7(14-20)13-12(15)19;1-5(15)20-4-6-8(16)9(17)10(21-6)14-3-2-7(13-19)12-11(14)18/h6-7,10,13-15,20-22H,2-5,8H2,1H3,(H,16,17);4-5,7,10-12,18-19,21H,2-3,6H2,1H3,(H,14,15,20);3-4,6,9-11,17-18,20H,2,5H2,1H3,(H,13,14,19);2-3,6,8-10,16-17,19H,4H2,1H3,(H,12,13,18)/t10-,13-,14-,15-;7-,10-,11-,12-;6-,9-,10-,11-;6-,8-,9-,10-/m1111/s1/i15D;12D;11D;10D. The van der Waals surface area contributed by atoms with Crippen LogP contribution < -0.4 is 39.0 Å². The summed E-state index contributed by atoms with van der Waals surface area (Å²) in [6, 6.07) is 3.51. The second-order valence-electron chi connectivity index (χ2n) is 19.2. The number of hydrogen-bond donors (Lipinski definition) is 16. The molecule has 4 fully saturated rings. The largest absolute Gasteiger partial charge is 0.463 e. The van der Waals surface area contributed by atoms with E-state index >= 15 is 0 Å². The van der Waals surface area contributed by atoms with Crippen LogP contribution in [0.5, 0.6) is 0 Å². The normalized spacial score (nSPS) is 32.1. The van der Waals surface area contributed by atoms with Crippen LogP contribution >= 0.6 is 0 Å². The average molecular weight is 1290 g/mol. The third kappa shape index (κ3) is 19.3. The van der Waals surface area contributed by atoms with E-state index in [1.54, 1.807) is 30.3 Å². The minimum absolute atomic E-state index is 0.0147. The Morgan fingerprint density at radius 2 is 0.889 bits per heavy atom. The number of anilines is 3. The lowest BCUT2D eigenvalue weighted by molar-refractivity contribution is -0.151. The van der Waals surface area contributed by atoms with Gasteiger partial charge in [-0.15, -0.1) is 0 Å². The number of aliphatic imine (C=N–C) groups is 1. The first-order chi connectivity index (χ1) is 44.3. The highest BCUT2D eigenvalue weighted by Gasteiger charge is 2.49. The Hall–Kier alpha value is -7.97. The lowest BCUT2D eigenvalue weighted by Crippen LogP contribution is -2.42. The van der Waals surface area contributed by atoms with Crippen LogP contribution in [0.1, 0.15) is 90.3 Å². The van der Waals surface area contributed by atoms with Gasteiger partial charge in [0, 0.05) is 51.0 Å². The summed E-state index contributed by atoms with van der Waals surface area (Å²) in [6.45, 7) is 8.72. The van der Waals surface area contributed by atoms with Gasteiger partial charge in [-0.25, -0.2) is 19.4 Å². The van der Waals surface area contributed by atoms with Gasteiger partial charge in [0.1, 0.15) is 105 Å². The molecule has 16 N–H and O–H groups in total. The molecule has 39 nitrogen and oxygen atoms in total. The molecule has 8 rings (SSSR count). The van der Waals surface area contributed by atoms with Crippen molar-refractivity contribution >= 4 is 47.2 Å². The van der Waals surface area contributed by atoms with Crippen LogP contribution in [0.25, 0.3) is 0 Å². The van der Waals surface area contributed by atoms with E-state index in [0.717, 1.165) is 36.8 Å². The van der Waals surface area contributed by atoms with E-state index in [1.165, 1.54) is 30.5 Å². The summed E-state index contributed by atoms with van der Waals surface area (Å²) in [5.74, 6) is -2.44. The van der Waals surface area contributed by atoms with Crippen LogP contribution in [0.15, 0.2) is 80.8 Å². The van der Waals surface area contributed by atoms with Crippen molar-refractivity contribution in [2.75, 3.05) is 42.9 Å². The molecule has 8 heterocycles. The van der Waals surface area contributed by atoms with Crippen molar-refractivity contribution in [3.8, 4) is 0 Å². The number of esters is 4. The van der Waals surface area contributed by atoms with E-state index < -0.39 is 139 Å². The first-order valence-electron chi connectivity index (χ1n) is 29.2. The fourth-order valence-electron chi connectivity index (χ4n) is 8.02. The van der Waals surface area contributed by atoms with Crippen LogP contribution in [0, 0.1) is 0 Å². The Balaban J connectivity index is 0.000000227. The van der Waals surface area contributed by atoms with Gasteiger partial charge in [0.05, 0.1) is 5.48 Å². The molecule has 0 bridgehead atoms. The number of aliphatic hydroxyl groups excluding tert-OH is 8. The van der Waals surface area contributed by atoms with E-state index in [0.29, 0.717) is 26.5 Å². The molecular weight excluding hydrogens is 1210 g/mol. The maximum atomic E-state index is 11.9. The van der Waals surface area contributed by atoms with Gasteiger partial charge in [0.15, 0.2) is 48.1 Å². The monoisotopic (exact) mass is 1290 g/mol. The number of nitrogens with zero attached hydrogens (tertiary/aromatic N) is 8. The maximum Gasteiger partial charge on any atom is 0.351 e. The number of nitrogens with one attached hydrogen (secondary N) is 4. The quantitative estimate of drug-likeness (QED) is 0.0273. The molecule has 3 aromatic rings. The number of aliphatic hydroxyl groups is 8. The Labute approximate surface area is 514 Å². The second kappa shape index (κ2) is 34.9. The zero-order valence-electron chi connectivity index (χ0n) is 52.4. The molecule has 39 heteroatoms. The van der Waals surface area contributed by atoms with Gasteiger partial charge in [0.2, 0.25) is 0 Å². The van der Waals surface area contributed by atoms with Crippen molar-refractivity contribution in [3.63, 3.8) is 0 Å². The molecule has 0 radical (unpaired) electrons. The molecule has 0 unspecified atom stereocenters. The minimum Gasteiger partial charge on any atom is -0.463 e. The Kier molecular flexibility index (Phi) is 25.7. The molecule has 0 amide bonds. The highest BCUT2D eigenvalue weighted by atomic mass is 16.6. The maximum absolute atomic E-state index is 11.9. The van der Waals surface area contributed by atoms with Gasteiger partial charge < -0.3 is 83.6 Å². The molecule has 0 aliphatic carbocycles.